The van der Waals surface area contributed by atoms with Crippen LogP contribution in [0, 0.1) is 5.92 Å². The number of para-hydroxylation sites is 1. The first kappa shape index (κ1) is 20.8. The predicted octanol–water partition coefficient (Wildman–Crippen LogP) is 3.88. The second-order valence-electron chi connectivity index (χ2n) is 7.22. The minimum atomic E-state index is -0.274. The quantitative estimate of drug-likeness (QED) is 0.438. The topological polar surface area (TPSA) is 89.2 Å². The third-order valence-corrected chi connectivity index (χ3v) is 6.76. The molecule has 1 saturated heterocycles. The fourth-order valence-corrected chi connectivity index (χ4v) is 4.71. The Hall–Kier alpha value is -2.45. The van der Waals surface area contributed by atoms with Crippen LogP contribution < -0.4 is 5.73 Å². The number of piperidine rings is 1. The first-order valence-electron chi connectivity index (χ1n) is 9.74. The summed E-state index contributed by atoms with van der Waals surface area (Å²) in [7, 11) is 0. The minimum absolute atomic E-state index is 0.0517. The summed E-state index contributed by atoms with van der Waals surface area (Å²) in [4.78, 5) is 35.3. The van der Waals surface area contributed by atoms with Crippen molar-refractivity contribution in [3.05, 3.63) is 53.0 Å². The average molecular weight is 485 g/mol. The van der Waals surface area contributed by atoms with Gasteiger partial charge in [-0.2, -0.15) is 0 Å². The number of nitrogens with two attached hydrogens (primary N) is 1. The SMILES string of the molecule is NC(=O)C1CCN(C(=O)CSc2nc(-c3ccc(Br)cc3)nc3ccccc23)CC1. The fraction of sp³-hybridized carbons (Fsp3) is 0.273. The molecule has 1 aliphatic heterocycles. The molecule has 0 atom stereocenters. The molecule has 1 fully saturated rings. The third-order valence-electron chi connectivity index (χ3n) is 5.25. The summed E-state index contributed by atoms with van der Waals surface area (Å²) in [6.07, 6.45) is 1.27. The largest absolute Gasteiger partial charge is 0.369 e. The van der Waals surface area contributed by atoms with Crippen molar-refractivity contribution >= 4 is 50.4 Å². The smallest absolute Gasteiger partial charge is 0.232 e. The van der Waals surface area contributed by atoms with Gasteiger partial charge in [-0.15, -0.1) is 0 Å². The number of hydrogen-bond acceptors (Lipinski definition) is 5. The molecular formula is C22H21BrN4O2S. The standard InChI is InChI=1S/C22H21BrN4O2S/c23-16-7-5-15(6-8-16)21-25-18-4-2-1-3-17(18)22(26-21)30-13-19(28)27-11-9-14(10-12-27)20(24)29/h1-8,14H,9-13H2,(H2,24,29). The van der Waals surface area contributed by atoms with Crippen LogP contribution in [0.15, 0.2) is 58.0 Å². The van der Waals surface area contributed by atoms with E-state index in [1.165, 1.54) is 11.8 Å². The average Bonchev–Trinajstić information content (AvgIpc) is 2.77. The number of aromatic nitrogens is 2. The number of halogens is 1. The Balaban J connectivity index is 1.52. The first-order chi connectivity index (χ1) is 14.5. The fourth-order valence-electron chi connectivity index (χ4n) is 3.52. The summed E-state index contributed by atoms with van der Waals surface area (Å²) in [5.41, 5.74) is 7.15. The maximum absolute atomic E-state index is 12.7. The van der Waals surface area contributed by atoms with Crippen LogP contribution in [0.4, 0.5) is 0 Å². The van der Waals surface area contributed by atoms with Gasteiger partial charge in [-0.25, -0.2) is 9.97 Å². The Morgan fingerprint density at radius 3 is 2.47 bits per heavy atom. The molecule has 0 bridgehead atoms. The maximum Gasteiger partial charge on any atom is 0.232 e. The lowest BCUT2D eigenvalue weighted by Crippen LogP contribution is -2.42. The van der Waals surface area contributed by atoms with Gasteiger partial charge in [0.2, 0.25) is 11.8 Å². The molecule has 3 aromatic rings. The Labute approximate surface area is 187 Å². The van der Waals surface area contributed by atoms with Gasteiger partial charge in [-0.3, -0.25) is 9.59 Å². The van der Waals surface area contributed by atoms with Gasteiger partial charge in [-0.1, -0.05) is 58.0 Å². The van der Waals surface area contributed by atoms with Gasteiger partial charge in [0.05, 0.1) is 11.3 Å². The van der Waals surface area contributed by atoms with Gasteiger partial charge in [0.1, 0.15) is 5.03 Å². The summed E-state index contributed by atoms with van der Waals surface area (Å²) in [6, 6.07) is 15.7. The molecule has 30 heavy (non-hydrogen) atoms. The van der Waals surface area contributed by atoms with Crippen molar-refractivity contribution in [3.63, 3.8) is 0 Å². The summed E-state index contributed by atoms with van der Waals surface area (Å²) in [6.45, 7) is 1.14. The van der Waals surface area contributed by atoms with Crippen LogP contribution in [0.25, 0.3) is 22.3 Å². The number of nitrogens with zero attached hydrogens (tertiary/aromatic N) is 3. The number of primary amides is 1. The summed E-state index contributed by atoms with van der Waals surface area (Å²) < 4.78 is 0.993. The minimum Gasteiger partial charge on any atom is -0.369 e. The van der Waals surface area contributed by atoms with Crippen molar-refractivity contribution in [2.75, 3.05) is 18.8 Å². The predicted molar refractivity (Wildman–Crippen MR) is 122 cm³/mol. The summed E-state index contributed by atoms with van der Waals surface area (Å²) in [5, 5.41) is 1.72. The summed E-state index contributed by atoms with van der Waals surface area (Å²) in [5.74, 6) is 0.585. The van der Waals surface area contributed by atoms with E-state index >= 15 is 0 Å². The van der Waals surface area contributed by atoms with Crippen LogP contribution in [0.3, 0.4) is 0 Å². The van der Waals surface area contributed by atoms with Crippen molar-refractivity contribution in [2.24, 2.45) is 11.7 Å². The van der Waals surface area contributed by atoms with E-state index < -0.39 is 0 Å². The van der Waals surface area contributed by atoms with Gasteiger partial charge in [0.25, 0.3) is 0 Å². The molecule has 2 N–H and O–H groups in total. The molecule has 1 aliphatic rings. The molecule has 2 heterocycles. The van der Waals surface area contributed by atoms with E-state index in [0.717, 1.165) is 26.0 Å². The Bertz CT molecular complexity index is 1080. The molecule has 6 nitrogen and oxygen atoms in total. The summed E-state index contributed by atoms with van der Waals surface area (Å²) >= 11 is 4.88. The maximum atomic E-state index is 12.7. The van der Waals surface area contributed by atoms with E-state index in [0.29, 0.717) is 37.5 Å². The number of rotatable bonds is 5. The molecule has 0 saturated carbocycles. The van der Waals surface area contributed by atoms with Gasteiger partial charge >= 0.3 is 0 Å². The normalized spacial score (nSPS) is 14.8. The highest BCUT2D eigenvalue weighted by atomic mass is 79.9. The molecular weight excluding hydrogens is 464 g/mol. The van der Waals surface area contributed by atoms with Crippen molar-refractivity contribution in [2.45, 2.75) is 17.9 Å². The molecule has 0 aliphatic carbocycles. The van der Waals surface area contributed by atoms with Crippen LogP contribution in [0.5, 0.6) is 0 Å². The van der Waals surface area contributed by atoms with E-state index in [2.05, 4.69) is 15.9 Å². The molecule has 4 rings (SSSR count). The van der Waals surface area contributed by atoms with Crippen LogP contribution in [0.2, 0.25) is 0 Å². The van der Waals surface area contributed by atoms with Crippen LogP contribution in [0.1, 0.15) is 12.8 Å². The number of carbonyl (C=O) groups is 2. The number of carbonyl (C=O) groups excluding carboxylic acids is 2. The van der Waals surface area contributed by atoms with Crippen LogP contribution >= 0.6 is 27.7 Å². The van der Waals surface area contributed by atoms with E-state index in [4.69, 9.17) is 15.7 Å². The van der Waals surface area contributed by atoms with Crippen LogP contribution in [-0.4, -0.2) is 45.5 Å². The molecule has 0 radical (unpaired) electrons. The lowest BCUT2D eigenvalue weighted by atomic mass is 9.96. The van der Waals surface area contributed by atoms with Crippen molar-refractivity contribution in [1.29, 1.82) is 0 Å². The second kappa shape index (κ2) is 9.14. The molecule has 2 aromatic carbocycles. The highest BCUT2D eigenvalue weighted by molar-refractivity contribution is 9.10. The second-order valence-corrected chi connectivity index (χ2v) is 9.10. The lowest BCUT2D eigenvalue weighted by molar-refractivity contribution is -0.132. The third kappa shape index (κ3) is 4.65. The zero-order chi connectivity index (χ0) is 21.1. The first-order valence-corrected chi connectivity index (χ1v) is 11.5. The Morgan fingerprint density at radius 2 is 1.77 bits per heavy atom. The monoisotopic (exact) mass is 484 g/mol. The van der Waals surface area contributed by atoms with Crippen molar-refractivity contribution in [3.8, 4) is 11.4 Å². The van der Waals surface area contributed by atoms with Gasteiger partial charge in [-0.05, 0) is 31.0 Å². The number of fused-ring (bicyclic) bond motifs is 1. The van der Waals surface area contributed by atoms with Crippen molar-refractivity contribution < 1.29 is 9.59 Å². The Kier molecular flexibility index (Phi) is 6.34. The molecule has 8 heteroatoms. The van der Waals surface area contributed by atoms with Crippen molar-refractivity contribution in [1.82, 2.24) is 14.9 Å². The highest BCUT2D eigenvalue weighted by Crippen LogP contribution is 2.29. The Morgan fingerprint density at radius 1 is 1.07 bits per heavy atom. The van der Waals surface area contributed by atoms with E-state index in [1.807, 2.05) is 53.4 Å². The molecule has 0 unspecified atom stereocenters. The van der Waals surface area contributed by atoms with Gasteiger partial charge in [0, 0.05) is 34.4 Å². The lowest BCUT2D eigenvalue weighted by Gasteiger charge is -2.30. The number of amides is 2. The van der Waals surface area contributed by atoms with E-state index in [9.17, 15) is 9.59 Å². The molecule has 1 aromatic heterocycles. The van der Waals surface area contributed by atoms with Gasteiger partial charge < -0.3 is 10.6 Å². The number of likely N-dealkylation sites (tertiary alicyclic amines) is 1. The number of benzene rings is 2. The number of hydrogen-bond donors (Lipinski definition) is 1. The zero-order valence-electron chi connectivity index (χ0n) is 16.3. The van der Waals surface area contributed by atoms with E-state index in [-0.39, 0.29) is 17.7 Å². The van der Waals surface area contributed by atoms with Gasteiger partial charge in [0.15, 0.2) is 5.82 Å². The highest BCUT2D eigenvalue weighted by Gasteiger charge is 2.26. The molecule has 154 valence electrons. The van der Waals surface area contributed by atoms with Crippen LogP contribution in [-0.2, 0) is 9.59 Å². The number of thioether (sulfide) groups is 1. The zero-order valence-corrected chi connectivity index (χ0v) is 18.7. The molecule has 2 amide bonds. The molecule has 0 spiro atoms. The van der Waals surface area contributed by atoms with E-state index in [1.54, 1.807) is 0 Å².